The molecule has 0 aromatic carbocycles. The van der Waals surface area contributed by atoms with Crippen LogP contribution in [-0.4, -0.2) is 21.1 Å². The van der Waals surface area contributed by atoms with Gasteiger partial charge >= 0.3 is 0 Å². The van der Waals surface area contributed by atoms with Crippen molar-refractivity contribution in [1.29, 1.82) is 0 Å². The number of carbonyl (C=O) groups excluding carboxylic acids is 1. The third-order valence-electron chi connectivity index (χ3n) is 2.57. The van der Waals surface area contributed by atoms with Crippen molar-refractivity contribution in [3.63, 3.8) is 0 Å². The Bertz CT molecular complexity index is 568. The highest BCUT2D eigenvalue weighted by atomic mass is 16.4. The van der Waals surface area contributed by atoms with Gasteiger partial charge in [-0.2, -0.15) is 5.10 Å². The van der Waals surface area contributed by atoms with E-state index in [0.29, 0.717) is 23.3 Å². The van der Waals surface area contributed by atoms with Gasteiger partial charge in [0.05, 0.1) is 5.69 Å². The molecule has 2 N–H and O–H groups in total. The number of nitrogens with one attached hydrogen (secondary N) is 2. The monoisotopic (exact) mass is 248 g/mol. The highest BCUT2D eigenvalue weighted by Crippen LogP contribution is 2.16. The number of oxazole rings is 1. The first kappa shape index (κ1) is 12.3. The molecule has 0 radical (unpaired) electrons. The molecule has 2 aromatic heterocycles. The molecule has 2 heterocycles. The maximum absolute atomic E-state index is 11.9. The summed E-state index contributed by atoms with van der Waals surface area (Å²) >= 11 is 0. The van der Waals surface area contributed by atoms with Gasteiger partial charge in [0.25, 0.3) is 5.91 Å². The first-order valence-corrected chi connectivity index (χ1v) is 5.78. The van der Waals surface area contributed by atoms with Gasteiger partial charge in [-0.25, -0.2) is 4.98 Å². The third kappa shape index (κ3) is 2.42. The van der Waals surface area contributed by atoms with Gasteiger partial charge in [0.2, 0.25) is 5.76 Å². The maximum Gasteiger partial charge on any atom is 0.294 e. The zero-order chi connectivity index (χ0) is 13.3. The van der Waals surface area contributed by atoms with Crippen LogP contribution in [-0.2, 0) is 0 Å². The van der Waals surface area contributed by atoms with Crippen LogP contribution in [0.2, 0.25) is 0 Å². The van der Waals surface area contributed by atoms with Crippen LogP contribution in [0.3, 0.4) is 0 Å². The molecule has 0 aliphatic carbocycles. The molecule has 0 atom stereocenters. The molecule has 2 aromatic rings. The summed E-state index contributed by atoms with van der Waals surface area (Å²) in [5.41, 5.74) is 1.54. The molecule has 0 unspecified atom stereocenters. The fraction of sp³-hybridized carbons (Fsp3) is 0.417. The summed E-state index contributed by atoms with van der Waals surface area (Å²) in [7, 11) is 0. The lowest BCUT2D eigenvalue weighted by atomic mass is 10.1. The predicted octanol–water partition coefficient (Wildman–Crippen LogP) is 2.39. The molecule has 1 amide bonds. The van der Waals surface area contributed by atoms with Gasteiger partial charge in [-0.15, -0.1) is 0 Å². The highest BCUT2D eigenvalue weighted by molar-refractivity contribution is 6.02. The zero-order valence-corrected chi connectivity index (χ0v) is 10.9. The van der Waals surface area contributed by atoms with Crippen molar-refractivity contribution >= 4 is 11.7 Å². The minimum Gasteiger partial charge on any atom is -0.436 e. The van der Waals surface area contributed by atoms with Crippen molar-refractivity contribution in [3.8, 4) is 0 Å². The number of nitrogens with zero attached hydrogens (tertiary/aromatic N) is 2. The lowest BCUT2D eigenvalue weighted by Gasteiger charge is -1.98. The summed E-state index contributed by atoms with van der Waals surface area (Å²) in [4.78, 5) is 16.0. The van der Waals surface area contributed by atoms with Crippen LogP contribution in [0.15, 0.2) is 10.5 Å². The van der Waals surface area contributed by atoms with Crippen molar-refractivity contribution in [3.05, 3.63) is 29.1 Å². The molecular weight excluding hydrogens is 232 g/mol. The molecule has 0 aliphatic rings. The van der Waals surface area contributed by atoms with Crippen LogP contribution < -0.4 is 5.32 Å². The zero-order valence-electron chi connectivity index (χ0n) is 10.9. The molecule has 0 spiro atoms. The van der Waals surface area contributed by atoms with Crippen LogP contribution in [0, 0.1) is 13.8 Å². The van der Waals surface area contributed by atoms with Gasteiger partial charge in [0.15, 0.2) is 11.7 Å². The lowest BCUT2D eigenvalue weighted by molar-refractivity contribution is 0.0994. The number of hydrogen-bond acceptors (Lipinski definition) is 4. The summed E-state index contributed by atoms with van der Waals surface area (Å²) in [5, 5.41) is 9.56. The van der Waals surface area contributed by atoms with Crippen LogP contribution in [0.25, 0.3) is 0 Å². The van der Waals surface area contributed by atoms with E-state index in [2.05, 4.69) is 20.5 Å². The smallest absolute Gasteiger partial charge is 0.294 e. The summed E-state index contributed by atoms with van der Waals surface area (Å²) in [6.45, 7) is 7.52. The first-order chi connectivity index (χ1) is 8.47. The number of amides is 1. The summed E-state index contributed by atoms with van der Waals surface area (Å²) < 4.78 is 5.24. The van der Waals surface area contributed by atoms with Gasteiger partial charge in [-0.1, -0.05) is 13.8 Å². The number of anilines is 1. The summed E-state index contributed by atoms with van der Waals surface area (Å²) in [6, 6.07) is 1.81. The molecule has 18 heavy (non-hydrogen) atoms. The molecule has 0 saturated carbocycles. The quantitative estimate of drug-likeness (QED) is 0.873. The standard InChI is InChI=1S/C12H16N4O2/c1-6(2)9-5-10(16-15-9)14-12(17)11-7(3)13-8(4)18-11/h5-6H,1-4H3,(H2,14,15,16,17). The van der Waals surface area contributed by atoms with E-state index in [1.165, 1.54) is 0 Å². The van der Waals surface area contributed by atoms with E-state index in [0.717, 1.165) is 5.69 Å². The second kappa shape index (κ2) is 4.64. The number of aromatic amines is 1. The Labute approximate surface area is 105 Å². The van der Waals surface area contributed by atoms with Crippen molar-refractivity contribution in [2.24, 2.45) is 0 Å². The number of hydrogen-bond donors (Lipinski definition) is 2. The molecule has 0 bridgehead atoms. The molecule has 96 valence electrons. The largest absolute Gasteiger partial charge is 0.436 e. The minimum atomic E-state index is -0.338. The Hall–Kier alpha value is -2.11. The van der Waals surface area contributed by atoms with Crippen molar-refractivity contribution < 1.29 is 9.21 Å². The fourth-order valence-electron chi connectivity index (χ4n) is 1.61. The van der Waals surface area contributed by atoms with Crippen LogP contribution in [0.4, 0.5) is 5.82 Å². The molecule has 0 aliphatic heterocycles. The number of aromatic nitrogens is 3. The summed E-state index contributed by atoms with van der Waals surface area (Å²) in [5.74, 6) is 1.17. The molecule has 6 heteroatoms. The molecule has 6 nitrogen and oxygen atoms in total. The summed E-state index contributed by atoms with van der Waals surface area (Å²) in [6.07, 6.45) is 0. The van der Waals surface area contributed by atoms with Gasteiger partial charge in [0, 0.05) is 18.7 Å². The fourth-order valence-corrected chi connectivity index (χ4v) is 1.61. The topological polar surface area (TPSA) is 83.8 Å². The Morgan fingerprint density at radius 2 is 2.17 bits per heavy atom. The van der Waals surface area contributed by atoms with Crippen molar-refractivity contribution in [2.75, 3.05) is 5.32 Å². The average Bonchev–Trinajstić information content (AvgIpc) is 2.85. The van der Waals surface area contributed by atoms with E-state index >= 15 is 0 Å². The van der Waals surface area contributed by atoms with Crippen LogP contribution >= 0.6 is 0 Å². The average molecular weight is 248 g/mol. The molecule has 2 rings (SSSR count). The number of rotatable bonds is 3. The van der Waals surface area contributed by atoms with E-state index in [9.17, 15) is 4.79 Å². The van der Waals surface area contributed by atoms with Gasteiger partial charge in [0.1, 0.15) is 0 Å². The number of aryl methyl sites for hydroxylation is 2. The van der Waals surface area contributed by atoms with E-state index in [-0.39, 0.29) is 11.7 Å². The van der Waals surface area contributed by atoms with Crippen LogP contribution in [0.5, 0.6) is 0 Å². The molecular formula is C12H16N4O2. The van der Waals surface area contributed by atoms with Crippen LogP contribution in [0.1, 0.15) is 47.6 Å². The van der Waals surface area contributed by atoms with Crippen molar-refractivity contribution in [1.82, 2.24) is 15.2 Å². The van der Waals surface area contributed by atoms with Gasteiger partial charge in [-0.05, 0) is 12.8 Å². The normalized spacial score (nSPS) is 10.9. The Kier molecular flexibility index (Phi) is 3.18. The van der Waals surface area contributed by atoms with E-state index < -0.39 is 0 Å². The van der Waals surface area contributed by atoms with E-state index in [1.54, 1.807) is 19.9 Å². The lowest BCUT2D eigenvalue weighted by Crippen LogP contribution is -2.12. The third-order valence-corrected chi connectivity index (χ3v) is 2.57. The minimum absolute atomic E-state index is 0.224. The first-order valence-electron chi connectivity index (χ1n) is 5.78. The SMILES string of the molecule is Cc1nc(C)c(C(=O)Nc2cc(C(C)C)[nH]n2)o1. The van der Waals surface area contributed by atoms with Crippen molar-refractivity contribution in [2.45, 2.75) is 33.6 Å². The second-order valence-electron chi connectivity index (χ2n) is 4.46. The molecule has 0 fully saturated rings. The van der Waals surface area contributed by atoms with E-state index in [4.69, 9.17) is 4.42 Å². The second-order valence-corrected chi connectivity index (χ2v) is 4.46. The molecule has 0 saturated heterocycles. The number of H-pyrrole nitrogens is 1. The van der Waals surface area contributed by atoms with Gasteiger partial charge in [-0.3, -0.25) is 9.89 Å². The highest BCUT2D eigenvalue weighted by Gasteiger charge is 2.17. The Morgan fingerprint density at radius 3 is 2.67 bits per heavy atom. The Morgan fingerprint density at radius 1 is 1.44 bits per heavy atom. The maximum atomic E-state index is 11.9. The predicted molar refractivity (Wildman–Crippen MR) is 66.6 cm³/mol. The van der Waals surface area contributed by atoms with Gasteiger partial charge < -0.3 is 9.73 Å². The number of carbonyl (C=O) groups is 1. The Balaban J connectivity index is 2.13. The van der Waals surface area contributed by atoms with E-state index in [1.807, 2.05) is 13.8 Å².